The summed E-state index contributed by atoms with van der Waals surface area (Å²) in [7, 11) is 1.88. The molecule has 1 N–H and O–H groups in total. The average Bonchev–Trinajstić information content (AvgIpc) is 3.06. The standard InChI is InChI=1S/C15H16N2OS/c1-17(9-11-6-7-19-10-11)15(18)13-8-16-14-5-3-2-4-12(13)14/h2-7,10,13,16H,8-9H2,1H3. The first kappa shape index (κ1) is 12.2. The summed E-state index contributed by atoms with van der Waals surface area (Å²) in [5.41, 5.74) is 3.40. The van der Waals surface area contributed by atoms with E-state index in [1.807, 2.05) is 41.6 Å². The van der Waals surface area contributed by atoms with Crippen molar-refractivity contribution in [3.05, 3.63) is 52.2 Å². The molecule has 19 heavy (non-hydrogen) atoms. The third kappa shape index (κ3) is 2.36. The lowest BCUT2D eigenvalue weighted by atomic mass is 10.00. The Balaban J connectivity index is 1.74. The molecule has 0 fully saturated rings. The molecule has 0 saturated carbocycles. The fourth-order valence-corrected chi connectivity index (χ4v) is 3.16. The first-order valence-corrected chi connectivity index (χ1v) is 7.29. The van der Waals surface area contributed by atoms with E-state index in [9.17, 15) is 4.79 Å². The molecule has 1 atom stereocenters. The monoisotopic (exact) mass is 272 g/mol. The van der Waals surface area contributed by atoms with E-state index in [1.165, 1.54) is 5.56 Å². The van der Waals surface area contributed by atoms with Crippen molar-refractivity contribution in [2.24, 2.45) is 0 Å². The van der Waals surface area contributed by atoms with E-state index in [2.05, 4.69) is 16.8 Å². The van der Waals surface area contributed by atoms with Gasteiger partial charge in [0, 0.05) is 25.8 Å². The van der Waals surface area contributed by atoms with E-state index in [1.54, 1.807) is 11.3 Å². The highest BCUT2D eigenvalue weighted by molar-refractivity contribution is 7.07. The van der Waals surface area contributed by atoms with Crippen molar-refractivity contribution in [3.8, 4) is 0 Å². The van der Waals surface area contributed by atoms with Gasteiger partial charge in [0.15, 0.2) is 0 Å². The van der Waals surface area contributed by atoms with Gasteiger partial charge in [-0.15, -0.1) is 0 Å². The number of anilines is 1. The highest BCUT2D eigenvalue weighted by Crippen LogP contribution is 2.32. The second-order valence-corrected chi connectivity index (χ2v) is 5.63. The van der Waals surface area contributed by atoms with Crippen LogP contribution in [0.25, 0.3) is 0 Å². The van der Waals surface area contributed by atoms with Crippen molar-refractivity contribution in [2.45, 2.75) is 12.5 Å². The van der Waals surface area contributed by atoms with Gasteiger partial charge in [0.05, 0.1) is 5.92 Å². The molecule has 0 spiro atoms. The molecule has 0 bridgehead atoms. The molecule has 98 valence electrons. The predicted octanol–water partition coefficient (Wildman–Crippen LogP) is 2.92. The zero-order chi connectivity index (χ0) is 13.2. The Kier molecular flexibility index (Phi) is 3.25. The summed E-state index contributed by atoms with van der Waals surface area (Å²) < 4.78 is 0. The minimum Gasteiger partial charge on any atom is -0.384 e. The number of nitrogens with one attached hydrogen (secondary N) is 1. The van der Waals surface area contributed by atoms with Gasteiger partial charge in [-0.2, -0.15) is 11.3 Å². The molecule has 0 aliphatic carbocycles. The predicted molar refractivity (Wildman–Crippen MR) is 78.5 cm³/mol. The second-order valence-electron chi connectivity index (χ2n) is 4.85. The number of nitrogens with zero attached hydrogens (tertiary/aromatic N) is 1. The van der Waals surface area contributed by atoms with Gasteiger partial charge in [0.2, 0.25) is 5.91 Å². The van der Waals surface area contributed by atoms with Gasteiger partial charge in [0.1, 0.15) is 0 Å². The molecular weight excluding hydrogens is 256 g/mol. The number of carbonyl (C=O) groups excluding carboxylic acids is 1. The minimum atomic E-state index is -0.0557. The number of hydrogen-bond acceptors (Lipinski definition) is 3. The maximum Gasteiger partial charge on any atom is 0.232 e. The van der Waals surface area contributed by atoms with Gasteiger partial charge < -0.3 is 10.2 Å². The molecule has 1 unspecified atom stereocenters. The Morgan fingerprint density at radius 1 is 1.42 bits per heavy atom. The van der Waals surface area contributed by atoms with E-state index in [0.29, 0.717) is 13.1 Å². The summed E-state index contributed by atoms with van der Waals surface area (Å²) in [4.78, 5) is 14.3. The van der Waals surface area contributed by atoms with Gasteiger partial charge >= 0.3 is 0 Å². The Morgan fingerprint density at radius 2 is 2.26 bits per heavy atom. The van der Waals surface area contributed by atoms with E-state index < -0.39 is 0 Å². The molecule has 3 nitrogen and oxygen atoms in total. The summed E-state index contributed by atoms with van der Waals surface area (Å²) >= 11 is 1.66. The van der Waals surface area contributed by atoms with E-state index in [-0.39, 0.29) is 11.8 Å². The smallest absolute Gasteiger partial charge is 0.232 e. The molecule has 1 aromatic carbocycles. The van der Waals surface area contributed by atoms with Crippen molar-refractivity contribution < 1.29 is 4.79 Å². The Hall–Kier alpha value is -1.81. The zero-order valence-corrected chi connectivity index (χ0v) is 11.6. The van der Waals surface area contributed by atoms with Crippen LogP contribution in [0, 0.1) is 0 Å². The van der Waals surface area contributed by atoms with Crippen molar-refractivity contribution in [1.82, 2.24) is 4.90 Å². The van der Waals surface area contributed by atoms with Gasteiger partial charge in [0.25, 0.3) is 0 Å². The summed E-state index contributed by atoms with van der Waals surface area (Å²) in [6, 6.07) is 10.1. The third-order valence-electron chi connectivity index (χ3n) is 3.51. The highest BCUT2D eigenvalue weighted by atomic mass is 32.1. The maximum atomic E-state index is 12.5. The van der Waals surface area contributed by atoms with Crippen LogP contribution in [0.5, 0.6) is 0 Å². The van der Waals surface area contributed by atoms with Crippen LogP contribution >= 0.6 is 11.3 Å². The van der Waals surface area contributed by atoms with Crippen LogP contribution in [0.4, 0.5) is 5.69 Å². The van der Waals surface area contributed by atoms with Crippen LogP contribution in [0.3, 0.4) is 0 Å². The Labute approximate surface area is 116 Å². The quantitative estimate of drug-likeness (QED) is 0.931. The normalized spacial score (nSPS) is 16.8. The van der Waals surface area contributed by atoms with Crippen LogP contribution in [0.2, 0.25) is 0 Å². The number of amides is 1. The molecule has 0 saturated heterocycles. The molecule has 1 aliphatic rings. The molecule has 2 heterocycles. The lowest BCUT2D eigenvalue weighted by molar-refractivity contribution is -0.131. The van der Waals surface area contributed by atoms with Crippen molar-refractivity contribution in [3.63, 3.8) is 0 Å². The number of para-hydroxylation sites is 1. The fraction of sp³-hybridized carbons (Fsp3) is 0.267. The van der Waals surface area contributed by atoms with Gasteiger partial charge in [-0.1, -0.05) is 18.2 Å². The lowest BCUT2D eigenvalue weighted by Gasteiger charge is -2.20. The molecule has 1 aromatic heterocycles. The summed E-state index contributed by atoms with van der Waals surface area (Å²) in [6.07, 6.45) is 0. The highest BCUT2D eigenvalue weighted by Gasteiger charge is 2.30. The number of hydrogen-bond donors (Lipinski definition) is 1. The number of rotatable bonds is 3. The Bertz CT molecular complexity index is 580. The third-order valence-corrected chi connectivity index (χ3v) is 4.24. The zero-order valence-electron chi connectivity index (χ0n) is 10.8. The molecule has 4 heteroatoms. The second kappa shape index (κ2) is 5.05. The van der Waals surface area contributed by atoms with E-state index >= 15 is 0 Å². The maximum absolute atomic E-state index is 12.5. The first-order valence-electron chi connectivity index (χ1n) is 6.34. The minimum absolute atomic E-state index is 0.0557. The lowest BCUT2D eigenvalue weighted by Crippen LogP contribution is -2.32. The van der Waals surface area contributed by atoms with Gasteiger partial charge in [-0.25, -0.2) is 0 Å². The van der Waals surface area contributed by atoms with Crippen LogP contribution in [-0.2, 0) is 11.3 Å². The summed E-state index contributed by atoms with van der Waals surface area (Å²) in [5.74, 6) is 0.128. The van der Waals surface area contributed by atoms with Crippen molar-refractivity contribution in [1.29, 1.82) is 0 Å². The number of carbonyl (C=O) groups is 1. The van der Waals surface area contributed by atoms with Crippen LogP contribution in [-0.4, -0.2) is 24.4 Å². The number of fused-ring (bicyclic) bond motifs is 1. The summed E-state index contributed by atoms with van der Waals surface area (Å²) in [5, 5.41) is 7.43. The van der Waals surface area contributed by atoms with Crippen LogP contribution in [0.15, 0.2) is 41.1 Å². The molecule has 3 rings (SSSR count). The number of thiophene rings is 1. The van der Waals surface area contributed by atoms with Crippen LogP contribution in [0.1, 0.15) is 17.0 Å². The number of benzene rings is 1. The first-order chi connectivity index (χ1) is 9.25. The molecule has 0 radical (unpaired) electrons. The topological polar surface area (TPSA) is 32.3 Å². The van der Waals surface area contributed by atoms with Crippen LogP contribution < -0.4 is 5.32 Å². The summed E-state index contributed by atoms with van der Waals surface area (Å²) in [6.45, 7) is 1.38. The van der Waals surface area contributed by atoms with Crippen molar-refractivity contribution in [2.75, 3.05) is 18.9 Å². The SMILES string of the molecule is CN(Cc1ccsc1)C(=O)C1CNc2ccccc21. The largest absolute Gasteiger partial charge is 0.384 e. The van der Waals surface area contributed by atoms with Gasteiger partial charge in [-0.3, -0.25) is 4.79 Å². The van der Waals surface area contributed by atoms with Gasteiger partial charge in [-0.05, 0) is 34.0 Å². The fourth-order valence-electron chi connectivity index (χ4n) is 2.50. The van der Waals surface area contributed by atoms with E-state index in [4.69, 9.17) is 0 Å². The number of likely N-dealkylation sites (N-methyl/N-ethyl adjacent to an activating group) is 1. The van der Waals surface area contributed by atoms with Crippen molar-refractivity contribution >= 4 is 22.9 Å². The Morgan fingerprint density at radius 3 is 3.05 bits per heavy atom. The average molecular weight is 272 g/mol. The van der Waals surface area contributed by atoms with E-state index in [0.717, 1.165) is 11.3 Å². The molecule has 1 amide bonds. The molecular formula is C15H16N2OS. The molecule has 2 aromatic rings. The molecule has 1 aliphatic heterocycles.